The highest BCUT2D eigenvalue weighted by molar-refractivity contribution is 5.91. The molecule has 0 bridgehead atoms. The molecule has 0 atom stereocenters. The highest BCUT2D eigenvalue weighted by atomic mass is 16.1. The highest BCUT2D eigenvalue weighted by Gasteiger charge is 2.20. The van der Waals surface area contributed by atoms with Crippen molar-refractivity contribution in [2.24, 2.45) is 5.73 Å². The number of nitriles is 1. The van der Waals surface area contributed by atoms with Gasteiger partial charge >= 0.3 is 0 Å². The summed E-state index contributed by atoms with van der Waals surface area (Å²) in [5.41, 5.74) is 7.42. The maximum atomic E-state index is 11.0. The summed E-state index contributed by atoms with van der Waals surface area (Å²) in [4.78, 5) is 17.4. The number of carbonyl (C=O) groups excluding carboxylic acids is 1. The molecule has 23 heavy (non-hydrogen) atoms. The number of anilines is 1. The van der Waals surface area contributed by atoms with Gasteiger partial charge < -0.3 is 11.1 Å². The predicted molar refractivity (Wildman–Crippen MR) is 88.7 cm³/mol. The first kappa shape index (κ1) is 15.3. The van der Waals surface area contributed by atoms with Crippen molar-refractivity contribution in [1.29, 1.82) is 5.26 Å². The fourth-order valence-electron chi connectivity index (χ4n) is 3.03. The summed E-state index contributed by atoms with van der Waals surface area (Å²) >= 11 is 0. The predicted octanol–water partition coefficient (Wildman–Crippen LogP) is 1.47. The second-order valence-electron chi connectivity index (χ2n) is 5.85. The summed E-state index contributed by atoms with van der Waals surface area (Å²) in [5, 5.41) is 13.7. The highest BCUT2D eigenvalue weighted by Crippen LogP contribution is 2.25. The maximum absolute atomic E-state index is 11.0. The summed E-state index contributed by atoms with van der Waals surface area (Å²) in [5.74, 6) is -0.282. The average Bonchev–Trinajstić information content (AvgIpc) is 2.56. The van der Waals surface area contributed by atoms with E-state index in [1.807, 2.05) is 24.3 Å². The number of benzene rings is 1. The van der Waals surface area contributed by atoms with E-state index < -0.39 is 0 Å². The van der Waals surface area contributed by atoms with Crippen LogP contribution in [0, 0.1) is 11.3 Å². The Labute approximate surface area is 134 Å². The van der Waals surface area contributed by atoms with Crippen LogP contribution in [-0.4, -0.2) is 41.5 Å². The van der Waals surface area contributed by atoms with Gasteiger partial charge in [-0.05, 0) is 25.0 Å². The minimum atomic E-state index is -0.282. The molecular formula is C17H19N5O. The molecule has 2 heterocycles. The van der Waals surface area contributed by atoms with E-state index in [0.717, 1.165) is 42.5 Å². The van der Waals surface area contributed by atoms with E-state index in [0.29, 0.717) is 18.3 Å². The zero-order chi connectivity index (χ0) is 16.2. The second-order valence-corrected chi connectivity index (χ2v) is 5.85. The van der Waals surface area contributed by atoms with Crippen LogP contribution >= 0.6 is 0 Å². The molecular weight excluding hydrogens is 290 g/mol. The first-order valence-corrected chi connectivity index (χ1v) is 7.73. The van der Waals surface area contributed by atoms with Crippen molar-refractivity contribution in [2.45, 2.75) is 18.9 Å². The van der Waals surface area contributed by atoms with Gasteiger partial charge in [0.1, 0.15) is 11.8 Å². The molecule has 1 saturated heterocycles. The van der Waals surface area contributed by atoms with E-state index in [2.05, 4.69) is 21.3 Å². The first-order chi connectivity index (χ1) is 11.2. The Kier molecular flexibility index (Phi) is 4.40. The van der Waals surface area contributed by atoms with Crippen LogP contribution in [0.15, 0.2) is 30.3 Å². The smallest absolute Gasteiger partial charge is 0.231 e. The number of nitrogens with zero attached hydrogens (tertiary/aromatic N) is 3. The Balaban J connectivity index is 1.75. The fourth-order valence-corrected chi connectivity index (χ4v) is 3.03. The summed E-state index contributed by atoms with van der Waals surface area (Å²) < 4.78 is 0. The lowest BCUT2D eigenvalue weighted by atomic mass is 10.0. The van der Waals surface area contributed by atoms with Gasteiger partial charge in [0.15, 0.2) is 0 Å². The summed E-state index contributed by atoms with van der Waals surface area (Å²) in [6.07, 6.45) is 1.87. The van der Waals surface area contributed by atoms with Crippen LogP contribution in [0.2, 0.25) is 0 Å². The minimum absolute atomic E-state index is 0.282. The van der Waals surface area contributed by atoms with Gasteiger partial charge in [-0.1, -0.05) is 18.2 Å². The number of aromatic nitrogens is 1. The van der Waals surface area contributed by atoms with E-state index in [4.69, 9.17) is 11.0 Å². The number of hydrogen-bond acceptors (Lipinski definition) is 5. The molecule has 3 rings (SSSR count). The molecule has 0 unspecified atom stereocenters. The molecule has 0 spiro atoms. The molecule has 6 nitrogen and oxygen atoms in total. The lowest BCUT2D eigenvalue weighted by molar-refractivity contribution is -0.119. The van der Waals surface area contributed by atoms with E-state index in [1.54, 1.807) is 6.07 Å². The van der Waals surface area contributed by atoms with Crippen molar-refractivity contribution in [3.8, 4) is 6.07 Å². The molecule has 3 N–H and O–H groups in total. The van der Waals surface area contributed by atoms with E-state index in [9.17, 15) is 4.79 Å². The van der Waals surface area contributed by atoms with Crippen LogP contribution in [0.4, 0.5) is 5.69 Å². The first-order valence-electron chi connectivity index (χ1n) is 7.73. The fraction of sp³-hybridized carbons (Fsp3) is 0.353. The van der Waals surface area contributed by atoms with Gasteiger partial charge in [-0.3, -0.25) is 9.69 Å². The largest absolute Gasteiger partial charge is 0.382 e. The topological polar surface area (TPSA) is 95.0 Å². The average molecular weight is 309 g/mol. The van der Waals surface area contributed by atoms with Crippen LogP contribution in [0.25, 0.3) is 10.9 Å². The lowest BCUT2D eigenvalue weighted by Gasteiger charge is -2.32. The van der Waals surface area contributed by atoms with Gasteiger partial charge in [0.05, 0.1) is 12.1 Å². The normalized spacial score (nSPS) is 16.1. The number of nitrogens with one attached hydrogen (secondary N) is 1. The molecule has 1 aliphatic heterocycles. The van der Waals surface area contributed by atoms with Gasteiger partial charge in [-0.25, -0.2) is 4.98 Å². The second kappa shape index (κ2) is 6.63. The number of nitrogens with two attached hydrogens (primary N) is 1. The molecule has 0 radical (unpaired) electrons. The molecule has 2 aromatic rings. The van der Waals surface area contributed by atoms with Crippen molar-refractivity contribution < 1.29 is 4.79 Å². The minimum Gasteiger partial charge on any atom is -0.382 e. The quantitative estimate of drug-likeness (QED) is 0.891. The zero-order valence-corrected chi connectivity index (χ0v) is 12.8. The van der Waals surface area contributed by atoms with Crippen molar-refractivity contribution in [3.05, 3.63) is 36.0 Å². The van der Waals surface area contributed by atoms with Crippen molar-refractivity contribution in [3.63, 3.8) is 0 Å². The Morgan fingerprint density at radius 2 is 2.13 bits per heavy atom. The number of pyridine rings is 1. The van der Waals surface area contributed by atoms with E-state index in [1.165, 1.54) is 0 Å². The number of primary amides is 1. The number of hydrogen-bond donors (Lipinski definition) is 2. The monoisotopic (exact) mass is 309 g/mol. The number of piperidine rings is 1. The van der Waals surface area contributed by atoms with Crippen LogP contribution in [0.5, 0.6) is 0 Å². The molecule has 1 aliphatic rings. The van der Waals surface area contributed by atoms with Gasteiger partial charge in [-0.15, -0.1) is 0 Å². The standard InChI is InChI=1S/C17H19N5O/c18-10-13-9-16(14-3-1-2-4-15(14)21-13)20-12-5-7-22(8-6-12)11-17(19)23/h1-4,9,12H,5-8,11H2,(H2,19,23)(H,20,21). The SMILES string of the molecule is N#Cc1cc(NC2CCN(CC(N)=O)CC2)c2ccccc2n1. The molecule has 118 valence electrons. The third-order valence-electron chi connectivity index (χ3n) is 4.16. The molecule has 1 amide bonds. The number of rotatable bonds is 4. The molecule has 0 saturated carbocycles. The molecule has 1 aromatic heterocycles. The Bertz CT molecular complexity index is 759. The molecule has 1 fully saturated rings. The van der Waals surface area contributed by atoms with Crippen LogP contribution in [0.1, 0.15) is 18.5 Å². The van der Waals surface area contributed by atoms with Gasteiger partial charge in [0.2, 0.25) is 5.91 Å². The third kappa shape index (κ3) is 3.58. The van der Waals surface area contributed by atoms with E-state index >= 15 is 0 Å². The van der Waals surface area contributed by atoms with Crippen molar-refractivity contribution in [2.75, 3.05) is 25.0 Å². The number of carbonyl (C=O) groups is 1. The van der Waals surface area contributed by atoms with Gasteiger partial charge in [-0.2, -0.15) is 5.26 Å². The Morgan fingerprint density at radius 1 is 1.39 bits per heavy atom. The van der Waals surface area contributed by atoms with E-state index in [-0.39, 0.29) is 5.91 Å². The number of amides is 1. The van der Waals surface area contributed by atoms with Crippen LogP contribution in [-0.2, 0) is 4.79 Å². The van der Waals surface area contributed by atoms with Crippen LogP contribution < -0.4 is 11.1 Å². The lowest BCUT2D eigenvalue weighted by Crippen LogP contribution is -2.42. The number of likely N-dealkylation sites (tertiary alicyclic amines) is 1. The van der Waals surface area contributed by atoms with Crippen LogP contribution in [0.3, 0.4) is 0 Å². The van der Waals surface area contributed by atoms with Crippen molar-refractivity contribution in [1.82, 2.24) is 9.88 Å². The Hall–Kier alpha value is -2.65. The van der Waals surface area contributed by atoms with Gasteiger partial charge in [0, 0.05) is 30.2 Å². The maximum Gasteiger partial charge on any atom is 0.231 e. The zero-order valence-electron chi connectivity index (χ0n) is 12.8. The molecule has 6 heteroatoms. The summed E-state index contributed by atoms with van der Waals surface area (Å²) in [6, 6.07) is 12.0. The molecule has 1 aromatic carbocycles. The number of fused-ring (bicyclic) bond motifs is 1. The van der Waals surface area contributed by atoms with Crippen molar-refractivity contribution >= 4 is 22.5 Å². The summed E-state index contributed by atoms with van der Waals surface area (Å²) in [7, 11) is 0. The third-order valence-corrected chi connectivity index (χ3v) is 4.16. The van der Waals surface area contributed by atoms with Gasteiger partial charge in [0.25, 0.3) is 0 Å². The Morgan fingerprint density at radius 3 is 2.83 bits per heavy atom. The summed E-state index contributed by atoms with van der Waals surface area (Å²) in [6.45, 7) is 2.01. The molecule has 0 aliphatic carbocycles. The number of para-hydroxylation sites is 1.